The summed E-state index contributed by atoms with van der Waals surface area (Å²) in [6.07, 6.45) is 0.118. The number of hydrogen-bond acceptors (Lipinski definition) is 10. The van der Waals surface area contributed by atoms with E-state index in [9.17, 15) is 35.4 Å². The smallest absolute Gasteiger partial charge is 0.310 e. The molecule has 0 aromatic carbocycles. The summed E-state index contributed by atoms with van der Waals surface area (Å²) >= 11 is 0. The molecule has 0 amide bonds. The Balaban J connectivity index is 1.08. The number of carboxylic acids is 1. The van der Waals surface area contributed by atoms with Gasteiger partial charge in [0.25, 0.3) is 0 Å². The highest BCUT2D eigenvalue weighted by molar-refractivity contribution is 5.76. The highest BCUT2D eigenvalue weighted by Crippen LogP contribution is 2.76. The van der Waals surface area contributed by atoms with Gasteiger partial charge in [0.1, 0.15) is 36.6 Å². The lowest BCUT2D eigenvalue weighted by Gasteiger charge is -2.71. The van der Waals surface area contributed by atoms with Crippen molar-refractivity contribution in [1.29, 1.82) is 0 Å². The molecule has 7 rings (SSSR count). The van der Waals surface area contributed by atoms with Gasteiger partial charge < -0.3 is 49.6 Å². The van der Waals surface area contributed by atoms with E-state index < -0.39 is 66.7 Å². The maximum absolute atomic E-state index is 13.0. The number of fused-ring (bicyclic) bond motifs is 7. The van der Waals surface area contributed by atoms with Crippen LogP contribution in [0.2, 0.25) is 0 Å². The number of carbonyl (C=O) groups is 1. The van der Waals surface area contributed by atoms with Crippen molar-refractivity contribution in [3.63, 3.8) is 0 Å². The SMILES string of the molecule is C[C@@H]1O[C@@H](O[C@H]2CC[C@]3(C)[C@H]4CC=C5[C@@H]6CC(C)(C)CC[C@]6(C(=O)O)CC[C@@]5(C)[C@]4(C)CC[C@H]3C2(C)C)[C@H](O)[C@H](O)[C@H]1O[C@@H]1OC[C@@H](O)[C@H](O)[C@H]1O. The van der Waals surface area contributed by atoms with Gasteiger partial charge in [-0.15, -0.1) is 0 Å². The van der Waals surface area contributed by atoms with E-state index in [1.165, 1.54) is 5.57 Å². The molecule has 2 aliphatic heterocycles. The summed E-state index contributed by atoms with van der Waals surface area (Å²) in [5.74, 6) is 0.265. The molecule has 2 heterocycles. The second-order valence-electron chi connectivity index (χ2n) is 20.2. The number of rotatable bonds is 5. The Bertz CT molecular complexity index is 1410. The molecule has 6 N–H and O–H groups in total. The molecule has 0 bridgehead atoms. The summed E-state index contributed by atoms with van der Waals surface area (Å²) in [5.41, 5.74) is 0.666. The number of aliphatic carboxylic acids is 1. The van der Waals surface area contributed by atoms with Gasteiger partial charge >= 0.3 is 5.97 Å². The Labute approximate surface area is 309 Å². The third-order valence-corrected chi connectivity index (χ3v) is 16.8. The quantitative estimate of drug-likeness (QED) is 0.173. The first kappa shape index (κ1) is 39.1. The molecular weight excluding hydrogens is 668 g/mol. The molecule has 0 unspecified atom stereocenters. The highest BCUT2D eigenvalue weighted by Gasteiger charge is 2.69. The van der Waals surface area contributed by atoms with Gasteiger partial charge in [0.2, 0.25) is 0 Å². The summed E-state index contributed by atoms with van der Waals surface area (Å²) in [6.45, 7) is 18.1. The predicted octanol–water partition coefficient (Wildman–Crippen LogP) is 4.55. The molecule has 52 heavy (non-hydrogen) atoms. The fraction of sp³-hybridized carbons (Fsp3) is 0.927. The fourth-order valence-electron chi connectivity index (χ4n) is 13.4. The molecule has 0 spiro atoms. The molecule has 4 saturated carbocycles. The van der Waals surface area contributed by atoms with Crippen molar-refractivity contribution in [2.24, 2.45) is 50.2 Å². The van der Waals surface area contributed by atoms with Crippen LogP contribution in [-0.4, -0.2) is 105 Å². The molecule has 17 atom stereocenters. The van der Waals surface area contributed by atoms with E-state index >= 15 is 0 Å². The lowest BCUT2D eigenvalue weighted by Crippen LogP contribution is -2.66. The topological polar surface area (TPSA) is 175 Å². The standard InChI is InChI=1S/C41H66O11/c1-21-32(52-33-30(45)28(43)24(42)20-49-33)29(44)31(46)34(50-21)51-27-12-13-38(6)25(37(27,4)5)11-14-40(8)26(38)10-9-22-23-19-36(2,3)15-17-41(23,35(47)48)18-16-39(22,40)7/h9,21,23-34,42-46H,10-20H2,1-8H3,(H,47,48)/t21-,23-,24+,25-,26+,27-,28-,29-,30+,31+,32-,33-,34-,38-,39+,40+,41-/m0/s1. The number of aliphatic hydroxyl groups excluding tert-OH is 5. The van der Waals surface area contributed by atoms with E-state index in [1.807, 2.05) is 0 Å². The second-order valence-corrected chi connectivity index (χ2v) is 20.2. The van der Waals surface area contributed by atoms with Crippen LogP contribution in [0.4, 0.5) is 0 Å². The minimum Gasteiger partial charge on any atom is -0.481 e. The van der Waals surface area contributed by atoms with Crippen LogP contribution in [0.1, 0.15) is 120 Å². The summed E-state index contributed by atoms with van der Waals surface area (Å²) < 4.78 is 24.0. The zero-order valence-electron chi connectivity index (χ0n) is 32.6. The van der Waals surface area contributed by atoms with Crippen molar-refractivity contribution in [2.75, 3.05) is 6.61 Å². The Hall–Kier alpha value is -1.15. The van der Waals surface area contributed by atoms with E-state index in [1.54, 1.807) is 6.92 Å². The van der Waals surface area contributed by atoms with Crippen LogP contribution in [0.5, 0.6) is 0 Å². The molecule has 0 aromatic heterocycles. The molecule has 2 saturated heterocycles. The van der Waals surface area contributed by atoms with Gasteiger partial charge in [0.15, 0.2) is 12.6 Å². The van der Waals surface area contributed by atoms with Crippen molar-refractivity contribution < 1.29 is 54.4 Å². The van der Waals surface area contributed by atoms with Gasteiger partial charge in [-0.05, 0) is 116 Å². The van der Waals surface area contributed by atoms with Crippen LogP contribution in [0.15, 0.2) is 11.6 Å². The lowest BCUT2D eigenvalue weighted by molar-refractivity contribution is -0.356. The van der Waals surface area contributed by atoms with Crippen molar-refractivity contribution in [2.45, 2.75) is 181 Å². The van der Waals surface area contributed by atoms with Crippen LogP contribution in [0.3, 0.4) is 0 Å². The molecule has 0 aromatic rings. The largest absolute Gasteiger partial charge is 0.481 e. The molecule has 11 heteroatoms. The van der Waals surface area contributed by atoms with E-state index in [0.717, 1.165) is 64.2 Å². The zero-order chi connectivity index (χ0) is 38.0. The number of ether oxygens (including phenoxy) is 4. The van der Waals surface area contributed by atoms with Crippen LogP contribution in [0.25, 0.3) is 0 Å². The van der Waals surface area contributed by atoms with Crippen molar-refractivity contribution in [1.82, 2.24) is 0 Å². The first-order valence-corrected chi connectivity index (χ1v) is 20.1. The number of allylic oxidation sites excluding steroid dienone is 2. The lowest BCUT2D eigenvalue weighted by atomic mass is 9.33. The third-order valence-electron chi connectivity index (χ3n) is 16.8. The van der Waals surface area contributed by atoms with Gasteiger partial charge in [0.05, 0.1) is 24.2 Å². The van der Waals surface area contributed by atoms with E-state index in [2.05, 4.69) is 54.5 Å². The van der Waals surface area contributed by atoms with Crippen molar-refractivity contribution >= 4 is 5.97 Å². The maximum atomic E-state index is 13.0. The maximum Gasteiger partial charge on any atom is 0.310 e. The first-order valence-electron chi connectivity index (χ1n) is 20.1. The minimum atomic E-state index is -1.53. The first-order chi connectivity index (χ1) is 24.1. The molecule has 6 fully saturated rings. The predicted molar refractivity (Wildman–Crippen MR) is 191 cm³/mol. The normalized spacial score (nSPS) is 54.1. The molecule has 11 nitrogen and oxygen atoms in total. The average Bonchev–Trinajstić information content (AvgIpc) is 3.06. The Morgan fingerprint density at radius 3 is 2.15 bits per heavy atom. The second kappa shape index (κ2) is 12.9. The monoisotopic (exact) mass is 734 g/mol. The molecule has 296 valence electrons. The van der Waals surface area contributed by atoms with E-state index in [0.29, 0.717) is 11.8 Å². The number of hydrogen-bond donors (Lipinski definition) is 6. The van der Waals surface area contributed by atoms with Gasteiger partial charge in [-0.25, -0.2) is 0 Å². The Morgan fingerprint density at radius 1 is 0.788 bits per heavy atom. The van der Waals surface area contributed by atoms with Crippen LogP contribution in [0, 0.1) is 50.2 Å². The molecule has 7 aliphatic rings. The van der Waals surface area contributed by atoms with Gasteiger partial charge in [-0.1, -0.05) is 60.1 Å². The fourth-order valence-corrected chi connectivity index (χ4v) is 13.4. The van der Waals surface area contributed by atoms with Crippen molar-refractivity contribution in [3.05, 3.63) is 11.6 Å². The van der Waals surface area contributed by atoms with Crippen LogP contribution >= 0.6 is 0 Å². The van der Waals surface area contributed by atoms with E-state index in [-0.39, 0.29) is 45.7 Å². The van der Waals surface area contributed by atoms with Crippen LogP contribution < -0.4 is 0 Å². The highest BCUT2D eigenvalue weighted by atomic mass is 16.7. The van der Waals surface area contributed by atoms with Crippen molar-refractivity contribution in [3.8, 4) is 0 Å². The van der Waals surface area contributed by atoms with Gasteiger partial charge in [0, 0.05) is 0 Å². The molecule has 0 radical (unpaired) electrons. The molecular formula is C41H66O11. The Morgan fingerprint density at radius 2 is 1.46 bits per heavy atom. The van der Waals surface area contributed by atoms with Gasteiger partial charge in [-0.3, -0.25) is 4.79 Å². The Kier molecular flexibility index (Phi) is 9.74. The van der Waals surface area contributed by atoms with E-state index in [4.69, 9.17) is 18.9 Å². The third kappa shape index (κ3) is 5.64. The zero-order valence-corrected chi connectivity index (χ0v) is 32.6. The number of aliphatic hydroxyl groups is 5. The summed E-state index contributed by atoms with van der Waals surface area (Å²) in [5, 5.41) is 63.4. The average molecular weight is 735 g/mol. The summed E-state index contributed by atoms with van der Waals surface area (Å²) in [6, 6.07) is 0. The summed E-state index contributed by atoms with van der Waals surface area (Å²) in [7, 11) is 0. The number of carboxylic acid groups (broad SMARTS) is 1. The minimum absolute atomic E-state index is 0.0331. The van der Waals surface area contributed by atoms with Gasteiger partial charge in [-0.2, -0.15) is 0 Å². The summed E-state index contributed by atoms with van der Waals surface area (Å²) in [4.78, 5) is 13.0. The molecule has 5 aliphatic carbocycles. The van der Waals surface area contributed by atoms with Crippen LogP contribution in [-0.2, 0) is 23.7 Å².